The Balaban J connectivity index is 2.06. The molecule has 0 saturated carbocycles. The number of methoxy groups -OCH3 is 4. The number of aromatic hydroxyl groups is 1. The van der Waals surface area contributed by atoms with Gasteiger partial charge in [0.1, 0.15) is 6.10 Å². The monoisotopic (exact) mass is 360 g/mol. The van der Waals surface area contributed by atoms with E-state index in [4.69, 9.17) is 23.7 Å². The highest BCUT2D eigenvalue weighted by atomic mass is 16.5. The topological polar surface area (TPSA) is 83.5 Å². The lowest BCUT2D eigenvalue weighted by Crippen LogP contribution is -2.21. The van der Waals surface area contributed by atoms with Gasteiger partial charge in [-0.3, -0.25) is 4.79 Å². The Bertz CT molecular complexity index is 844. The van der Waals surface area contributed by atoms with Gasteiger partial charge in [-0.05, 0) is 24.3 Å². The number of fused-ring (bicyclic) bond motifs is 1. The number of phenols is 1. The van der Waals surface area contributed by atoms with Crippen LogP contribution in [0.5, 0.6) is 34.5 Å². The van der Waals surface area contributed by atoms with Crippen LogP contribution in [0, 0.1) is 0 Å². The number of rotatable bonds is 5. The van der Waals surface area contributed by atoms with Crippen molar-refractivity contribution >= 4 is 5.78 Å². The van der Waals surface area contributed by atoms with Gasteiger partial charge in [0.25, 0.3) is 0 Å². The summed E-state index contributed by atoms with van der Waals surface area (Å²) in [6.07, 6.45) is -0.487. The fourth-order valence-electron chi connectivity index (χ4n) is 3.03. The first-order valence-electron chi connectivity index (χ1n) is 7.93. The third-order valence-corrected chi connectivity index (χ3v) is 4.28. The first-order chi connectivity index (χ1) is 12.5. The zero-order valence-electron chi connectivity index (χ0n) is 15.0. The van der Waals surface area contributed by atoms with Crippen molar-refractivity contribution in [1.82, 2.24) is 0 Å². The lowest BCUT2D eigenvalue weighted by molar-refractivity contribution is 0.0840. The molecule has 0 fully saturated rings. The molecule has 26 heavy (non-hydrogen) atoms. The molecule has 7 heteroatoms. The van der Waals surface area contributed by atoms with Gasteiger partial charge in [-0.2, -0.15) is 0 Å². The highest BCUT2D eigenvalue weighted by Gasteiger charge is 2.32. The average Bonchev–Trinajstić information content (AvgIpc) is 2.65. The molecule has 1 aliphatic rings. The average molecular weight is 360 g/mol. The van der Waals surface area contributed by atoms with Crippen molar-refractivity contribution in [1.29, 1.82) is 0 Å². The normalized spacial score (nSPS) is 15.7. The summed E-state index contributed by atoms with van der Waals surface area (Å²) < 4.78 is 27.1. The molecule has 0 spiro atoms. The lowest BCUT2D eigenvalue weighted by atomic mass is 9.95. The second kappa shape index (κ2) is 7.03. The highest BCUT2D eigenvalue weighted by molar-refractivity contribution is 6.01. The predicted molar refractivity (Wildman–Crippen MR) is 93.1 cm³/mol. The maximum atomic E-state index is 12.6. The summed E-state index contributed by atoms with van der Waals surface area (Å²) in [7, 11) is 5.90. The number of ether oxygens (including phenoxy) is 5. The zero-order chi connectivity index (χ0) is 18.8. The summed E-state index contributed by atoms with van der Waals surface area (Å²) in [4.78, 5) is 12.6. The number of ketones is 1. The summed E-state index contributed by atoms with van der Waals surface area (Å²) in [6.45, 7) is 0. The third kappa shape index (κ3) is 2.85. The molecule has 2 aromatic carbocycles. The summed E-state index contributed by atoms with van der Waals surface area (Å²) in [5, 5.41) is 10.2. The van der Waals surface area contributed by atoms with Gasteiger partial charge in [0.05, 0.1) is 40.4 Å². The van der Waals surface area contributed by atoms with Crippen molar-refractivity contribution in [2.24, 2.45) is 0 Å². The molecule has 1 N–H and O–H groups in total. The van der Waals surface area contributed by atoms with Crippen LogP contribution in [0.4, 0.5) is 0 Å². The Hall–Kier alpha value is -3.09. The number of phenolic OH excluding ortho intramolecular Hbond substituents is 1. The molecule has 0 aliphatic carbocycles. The van der Waals surface area contributed by atoms with Crippen molar-refractivity contribution in [3.8, 4) is 34.5 Å². The summed E-state index contributed by atoms with van der Waals surface area (Å²) in [5.74, 6) is 1.53. The summed E-state index contributed by atoms with van der Waals surface area (Å²) in [5.41, 5.74) is 1.02. The van der Waals surface area contributed by atoms with Gasteiger partial charge in [-0.1, -0.05) is 0 Å². The van der Waals surface area contributed by atoms with E-state index in [9.17, 15) is 9.90 Å². The van der Waals surface area contributed by atoms with Gasteiger partial charge < -0.3 is 28.8 Å². The number of carbonyl (C=O) groups is 1. The molecule has 1 heterocycles. The lowest BCUT2D eigenvalue weighted by Gasteiger charge is -2.28. The van der Waals surface area contributed by atoms with E-state index in [2.05, 4.69) is 0 Å². The Morgan fingerprint density at radius 2 is 1.65 bits per heavy atom. The smallest absolute Gasteiger partial charge is 0.204 e. The molecule has 0 radical (unpaired) electrons. The van der Waals surface area contributed by atoms with Crippen LogP contribution in [0.25, 0.3) is 0 Å². The van der Waals surface area contributed by atoms with E-state index < -0.39 is 6.10 Å². The van der Waals surface area contributed by atoms with Gasteiger partial charge in [0, 0.05) is 5.56 Å². The Labute approximate surface area is 151 Å². The van der Waals surface area contributed by atoms with E-state index in [1.807, 2.05) is 0 Å². The Morgan fingerprint density at radius 1 is 0.962 bits per heavy atom. The standard InChI is InChI=1S/C19H20O7/c1-22-14-6-5-11-12(20)9-15(26-17(11)19(14)25-4)10-7-13(21)18(24-3)16(8-10)23-2/h5-8,15,21H,9H2,1-4H3. The van der Waals surface area contributed by atoms with Gasteiger partial charge in [0.15, 0.2) is 28.8 Å². The molecular formula is C19H20O7. The molecule has 7 nitrogen and oxygen atoms in total. The molecule has 1 atom stereocenters. The number of hydrogen-bond donors (Lipinski definition) is 1. The van der Waals surface area contributed by atoms with E-state index in [0.717, 1.165) is 0 Å². The second-order valence-electron chi connectivity index (χ2n) is 5.69. The maximum absolute atomic E-state index is 12.6. The number of hydrogen-bond acceptors (Lipinski definition) is 7. The van der Waals surface area contributed by atoms with E-state index in [1.165, 1.54) is 34.5 Å². The minimum atomic E-state index is -0.610. The molecule has 138 valence electrons. The number of carbonyl (C=O) groups excluding carboxylic acids is 1. The molecule has 2 aromatic rings. The molecule has 0 bridgehead atoms. The van der Waals surface area contributed by atoms with Crippen LogP contribution >= 0.6 is 0 Å². The van der Waals surface area contributed by atoms with Crippen LogP contribution in [0.2, 0.25) is 0 Å². The summed E-state index contributed by atoms with van der Waals surface area (Å²) in [6, 6.07) is 6.49. The summed E-state index contributed by atoms with van der Waals surface area (Å²) >= 11 is 0. The Kier molecular flexibility index (Phi) is 4.79. The minimum Gasteiger partial charge on any atom is -0.504 e. The van der Waals surface area contributed by atoms with E-state index in [0.29, 0.717) is 34.1 Å². The highest BCUT2D eigenvalue weighted by Crippen LogP contribution is 2.47. The minimum absolute atomic E-state index is 0.0912. The quantitative estimate of drug-likeness (QED) is 0.877. The fraction of sp³-hybridized carbons (Fsp3) is 0.316. The SMILES string of the molecule is COc1cc(C2CC(=O)c3ccc(OC)c(OC)c3O2)cc(O)c1OC. The number of benzene rings is 2. The van der Waals surface area contributed by atoms with E-state index in [-0.39, 0.29) is 23.7 Å². The van der Waals surface area contributed by atoms with Crippen LogP contribution in [0.1, 0.15) is 28.4 Å². The third-order valence-electron chi connectivity index (χ3n) is 4.28. The largest absolute Gasteiger partial charge is 0.504 e. The number of Topliss-reactive ketones (excluding diaryl/α,β-unsaturated/α-hetero) is 1. The molecular weight excluding hydrogens is 340 g/mol. The van der Waals surface area contributed by atoms with Crippen molar-refractivity contribution in [2.45, 2.75) is 12.5 Å². The molecule has 1 aliphatic heterocycles. The fourth-order valence-corrected chi connectivity index (χ4v) is 3.03. The molecule has 0 amide bonds. The van der Waals surface area contributed by atoms with Crippen LogP contribution in [-0.2, 0) is 0 Å². The second-order valence-corrected chi connectivity index (χ2v) is 5.69. The zero-order valence-corrected chi connectivity index (χ0v) is 15.0. The van der Waals surface area contributed by atoms with Crippen LogP contribution in [0.3, 0.4) is 0 Å². The van der Waals surface area contributed by atoms with Crippen LogP contribution in [0.15, 0.2) is 24.3 Å². The first kappa shape index (κ1) is 17.7. The van der Waals surface area contributed by atoms with Gasteiger partial charge >= 0.3 is 0 Å². The van der Waals surface area contributed by atoms with Crippen molar-refractivity contribution < 1.29 is 33.6 Å². The Morgan fingerprint density at radius 3 is 2.27 bits per heavy atom. The van der Waals surface area contributed by atoms with Crippen molar-refractivity contribution in [2.75, 3.05) is 28.4 Å². The first-order valence-corrected chi connectivity index (χ1v) is 7.93. The molecule has 0 aromatic heterocycles. The van der Waals surface area contributed by atoms with Gasteiger partial charge in [-0.25, -0.2) is 0 Å². The maximum Gasteiger partial charge on any atom is 0.204 e. The molecule has 3 rings (SSSR count). The van der Waals surface area contributed by atoms with Crippen LogP contribution in [-0.4, -0.2) is 39.3 Å². The van der Waals surface area contributed by atoms with Crippen LogP contribution < -0.4 is 23.7 Å². The molecule has 0 saturated heterocycles. The van der Waals surface area contributed by atoms with E-state index in [1.54, 1.807) is 18.2 Å². The molecule has 1 unspecified atom stereocenters. The van der Waals surface area contributed by atoms with Gasteiger partial charge in [0.2, 0.25) is 11.5 Å². The van der Waals surface area contributed by atoms with E-state index >= 15 is 0 Å². The predicted octanol–water partition coefficient (Wildman–Crippen LogP) is 3.13. The van der Waals surface area contributed by atoms with Crippen molar-refractivity contribution in [3.63, 3.8) is 0 Å². The van der Waals surface area contributed by atoms with Gasteiger partial charge in [-0.15, -0.1) is 0 Å². The van der Waals surface area contributed by atoms with Crippen molar-refractivity contribution in [3.05, 3.63) is 35.4 Å².